The van der Waals surface area contributed by atoms with Crippen LogP contribution in [0.15, 0.2) is 18.2 Å². The number of hydrogen-bond acceptors (Lipinski definition) is 5. The van der Waals surface area contributed by atoms with Crippen LogP contribution in [0.25, 0.3) is 0 Å². The summed E-state index contributed by atoms with van der Waals surface area (Å²) >= 11 is 0. The zero-order valence-corrected chi connectivity index (χ0v) is 16.4. The topological polar surface area (TPSA) is 71.1 Å². The van der Waals surface area contributed by atoms with Gasteiger partial charge in [0.05, 0.1) is 20.6 Å². The Morgan fingerprint density at radius 1 is 1.15 bits per heavy atom. The first-order valence-corrected chi connectivity index (χ1v) is 9.48. The largest absolute Gasteiger partial charge is 0.493 e. The van der Waals surface area contributed by atoms with Gasteiger partial charge in [-0.1, -0.05) is 6.07 Å². The molecule has 0 saturated carbocycles. The number of piperidine rings is 1. The third-order valence-electron chi connectivity index (χ3n) is 5.86. The first-order valence-electron chi connectivity index (χ1n) is 9.48. The van der Waals surface area contributed by atoms with E-state index in [0.29, 0.717) is 43.9 Å². The van der Waals surface area contributed by atoms with Gasteiger partial charge in [-0.2, -0.15) is 0 Å². The molecule has 2 amide bonds. The fourth-order valence-electron chi connectivity index (χ4n) is 4.08. The Bertz CT molecular complexity index is 698. The second-order valence-corrected chi connectivity index (χ2v) is 7.31. The second kappa shape index (κ2) is 8.17. The van der Waals surface area contributed by atoms with Crippen molar-refractivity contribution in [2.75, 3.05) is 47.4 Å². The molecule has 2 heterocycles. The number of nitrogens with one attached hydrogen (secondary N) is 1. The van der Waals surface area contributed by atoms with Crippen molar-refractivity contribution >= 4 is 11.8 Å². The zero-order valence-electron chi connectivity index (χ0n) is 16.4. The van der Waals surface area contributed by atoms with Crippen LogP contribution in [-0.2, 0) is 16.0 Å². The van der Waals surface area contributed by atoms with Crippen LogP contribution in [-0.4, -0.2) is 74.6 Å². The number of likely N-dealkylation sites (N-methyl/N-ethyl adjacent to an activating group) is 1. The summed E-state index contributed by atoms with van der Waals surface area (Å²) in [7, 11) is 5.20. The fourth-order valence-corrected chi connectivity index (χ4v) is 4.08. The average Bonchev–Trinajstić information content (AvgIpc) is 2.82. The van der Waals surface area contributed by atoms with Crippen molar-refractivity contribution in [3.05, 3.63) is 23.8 Å². The van der Waals surface area contributed by atoms with E-state index < -0.39 is 5.54 Å². The SMILES string of the molecule is COc1ccc(CC(=O)N2CCC3(CC2)C(=O)NCCCN3C)cc1OC. The zero-order chi connectivity index (χ0) is 19.4. The molecular formula is C20H29N3O4. The molecule has 1 N–H and O–H groups in total. The van der Waals surface area contributed by atoms with Crippen LogP contribution in [0.2, 0.25) is 0 Å². The Labute approximate surface area is 160 Å². The summed E-state index contributed by atoms with van der Waals surface area (Å²) in [5, 5.41) is 3.03. The molecule has 27 heavy (non-hydrogen) atoms. The van der Waals surface area contributed by atoms with Gasteiger partial charge >= 0.3 is 0 Å². The van der Waals surface area contributed by atoms with E-state index in [1.807, 2.05) is 30.1 Å². The van der Waals surface area contributed by atoms with E-state index in [4.69, 9.17) is 9.47 Å². The van der Waals surface area contributed by atoms with Crippen LogP contribution in [0.4, 0.5) is 0 Å². The lowest BCUT2D eigenvalue weighted by Crippen LogP contribution is -2.61. The van der Waals surface area contributed by atoms with E-state index in [2.05, 4.69) is 10.2 Å². The highest BCUT2D eigenvalue weighted by atomic mass is 16.5. The predicted octanol–water partition coefficient (Wildman–Crippen LogP) is 1.06. The number of benzene rings is 1. The molecule has 0 radical (unpaired) electrons. The minimum atomic E-state index is -0.476. The normalized spacial score (nSPS) is 20.1. The van der Waals surface area contributed by atoms with Gasteiger partial charge in [0.15, 0.2) is 11.5 Å². The molecule has 3 rings (SSSR count). The second-order valence-electron chi connectivity index (χ2n) is 7.31. The average molecular weight is 375 g/mol. The van der Waals surface area contributed by atoms with E-state index in [-0.39, 0.29) is 11.8 Å². The number of carbonyl (C=O) groups excluding carboxylic acids is 2. The molecule has 148 valence electrons. The van der Waals surface area contributed by atoms with Crippen molar-refractivity contribution < 1.29 is 19.1 Å². The van der Waals surface area contributed by atoms with Crippen molar-refractivity contribution in [3.8, 4) is 11.5 Å². The predicted molar refractivity (Wildman–Crippen MR) is 102 cm³/mol. The van der Waals surface area contributed by atoms with Crippen LogP contribution in [0.3, 0.4) is 0 Å². The number of ether oxygens (including phenoxy) is 2. The van der Waals surface area contributed by atoms with Gasteiger partial charge in [-0.25, -0.2) is 0 Å². The quantitative estimate of drug-likeness (QED) is 0.852. The van der Waals surface area contributed by atoms with Crippen LogP contribution in [0, 0.1) is 0 Å². The summed E-state index contributed by atoms with van der Waals surface area (Å²) in [6, 6.07) is 5.55. The van der Waals surface area contributed by atoms with Crippen molar-refractivity contribution in [1.29, 1.82) is 0 Å². The lowest BCUT2D eigenvalue weighted by Gasteiger charge is -2.45. The van der Waals surface area contributed by atoms with E-state index >= 15 is 0 Å². The summed E-state index contributed by atoms with van der Waals surface area (Å²) in [4.78, 5) is 29.4. The van der Waals surface area contributed by atoms with Gasteiger partial charge in [0, 0.05) is 26.2 Å². The van der Waals surface area contributed by atoms with E-state index in [0.717, 1.165) is 25.1 Å². The van der Waals surface area contributed by atoms with Crippen molar-refractivity contribution in [1.82, 2.24) is 15.1 Å². The smallest absolute Gasteiger partial charge is 0.240 e. The lowest BCUT2D eigenvalue weighted by atomic mass is 9.85. The lowest BCUT2D eigenvalue weighted by molar-refractivity contribution is -0.141. The molecule has 2 aliphatic heterocycles. The molecule has 7 nitrogen and oxygen atoms in total. The number of methoxy groups -OCH3 is 2. The van der Waals surface area contributed by atoms with Gasteiger partial charge in [-0.15, -0.1) is 0 Å². The number of rotatable bonds is 4. The van der Waals surface area contributed by atoms with Gasteiger partial charge < -0.3 is 19.7 Å². The van der Waals surface area contributed by atoms with Gasteiger partial charge in [0.1, 0.15) is 5.54 Å². The van der Waals surface area contributed by atoms with Crippen LogP contribution >= 0.6 is 0 Å². The third-order valence-corrected chi connectivity index (χ3v) is 5.86. The number of likely N-dealkylation sites (tertiary alicyclic amines) is 1. The highest BCUT2D eigenvalue weighted by molar-refractivity contribution is 5.87. The Balaban J connectivity index is 1.64. The Hall–Kier alpha value is -2.28. The molecule has 2 saturated heterocycles. The molecule has 2 aliphatic rings. The fraction of sp³-hybridized carbons (Fsp3) is 0.600. The summed E-state index contributed by atoms with van der Waals surface area (Å²) in [5.41, 5.74) is 0.415. The Morgan fingerprint density at radius 3 is 2.52 bits per heavy atom. The Morgan fingerprint density at radius 2 is 1.85 bits per heavy atom. The van der Waals surface area contributed by atoms with Gasteiger partial charge in [-0.05, 0) is 44.0 Å². The molecule has 0 bridgehead atoms. The maximum atomic E-state index is 12.8. The number of hydrogen-bond donors (Lipinski definition) is 1. The number of amides is 2. The van der Waals surface area contributed by atoms with Gasteiger partial charge in [-0.3, -0.25) is 14.5 Å². The van der Waals surface area contributed by atoms with E-state index in [1.165, 1.54) is 0 Å². The standard InChI is InChI=1S/C20H29N3O4/c1-22-10-4-9-21-19(25)20(22)7-11-23(12-8-20)18(24)14-15-5-6-16(26-2)17(13-15)27-3/h5-6,13H,4,7-12,14H2,1-3H3,(H,21,25). The maximum absolute atomic E-state index is 12.8. The molecule has 0 unspecified atom stereocenters. The summed E-state index contributed by atoms with van der Waals surface area (Å²) in [6.45, 7) is 2.83. The molecule has 7 heteroatoms. The third kappa shape index (κ3) is 3.88. The van der Waals surface area contributed by atoms with Crippen LogP contribution in [0.1, 0.15) is 24.8 Å². The first kappa shape index (κ1) is 19.5. The van der Waals surface area contributed by atoms with Gasteiger partial charge in [0.2, 0.25) is 11.8 Å². The highest BCUT2D eigenvalue weighted by Gasteiger charge is 2.45. The molecule has 0 atom stereocenters. The van der Waals surface area contributed by atoms with E-state index in [1.54, 1.807) is 14.2 Å². The highest BCUT2D eigenvalue weighted by Crippen LogP contribution is 2.31. The van der Waals surface area contributed by atoms with Crippen LogP contribution < -0.4 is 14.8 Å². The maximum Gasteiger partial charge on any atom is 0.240 e. The van der Waals surface area contributed by atoms with E-state index in [9.17, 15) is 9.59 Å². The van der Waals surface area contributed by atoms with Crippen molar-refractivity contribution in [2.45, 2.75) is 31.2 Å². The molecule has 2 fully saturated rings. The number of carbonyl (C=O) groups is 2. The molecule has 0 aliphatic carbocycles. The first-order chi connectivity index (χ1) is 13.0. The minimum absolute atomic E-state index is 0.0775. The molecule has 1 spiro atoms. The van der Waals surface area contributed by atoms with Crippen LogP contribution in [0.5, 0.6) is 11.5 Å². The van der Waals surface area contributed by atoms with Gasteiger partial charge in [0.25, 0.3) is 0 Å². The van der Waals surface area contributed by atoms with Crippen molar-refractivity contribution in [3.63, 3.8) is 0 Å². The van der Waals surface area contributed by atoms with Crippen molar-refractivity contribution in [2.24, 2.45) is 0 Å². The number of nitrogens with zero attached hydrogens (tertiary/aromatic N) is 2. The Kier molecular flexibility index (Phi) is 5.89. The minimum Gasteiger partial charge on any atom is -0.493 e. The summed E-state index contributed by atoms with van der Waals surface area (Å²) in [6.07, 6.45) is 2.63. The summed E-state index contributed by atoms with van der Waals surface area (Å²) in [5.74, 6) is 1.46. The monoisotopic (exact) mass is 375 g/mol. The molecular weight excluding hydrogens is 346 g/mol. The molecule has 1 aromatic carbocycles. The molecule has 0 aromatic heterocycles. The summed E-state index contributed by atoms with van der Waals surface area (Å²) < 4.78 is 10.6. The molecule has 1 aromatic rings.